The number of rotatable bonds is 3. The molecule has 124 valence electrons. The van der Waals surface area contributed by atoms with E-state index in [1.807, 2.05) is 6.07 Å². The van der Waals surface area contributed by atoms with Gasteiger partial charge in [-0.15, -0.1) is 0 Å². The molecule has 0 aliphatic carbocycles. The predicted molar refractivity (Wildman–Crippen MR) is 95.1 cm³/mol. The molecular formula is C19H21N3O2. The number of aliphatic hydroxyl groups excluding tert-OH is 1. The molecule has 1 saturated heterocycles. The first-order chi connectivity index (χ1) is 11.7. The summed E-state index contributed by atoms with van der Waals surface area (Å²) < 4.78 is 5.55. The van der Waals surface area contributed by atoms with Gasteiger partial charge in [-0.25, -0.2) is 4.98 Å². The van der Waals surface area contributed by atoms with Crippen molar-refractivity contribution >= 4 is 16.8 Å². The fourth-order valence-electron chi connectivity index (χ4n) is 3.19. The second-order valence-corrected chi connectivity index (χ2v) is 6.34. The molecule has 0 spiro atoms. The first-order valence-corrected chi connectivity index (χ1v) is 8.25. The summed E-state index contributed by atoms with van der Waals surface area (Å²) in [5.41, 5.74) is 4.76. The predicted octanol–water partition coefficient (Wildman–Crippen LogP) is 2.74. The number of benzene rings is 1. The zero-order valence-electron chi connectivity index (χ0n) is 13.8. The third-order valence-electron chi connectivity index (χ3n) is 4.72. The fourth-order valence-corrected chi connectivity index (χ4v) is 3.19. The van der Waals surface area contributed by atoms with Crippen LogP contribution in [0.1, 0.15) is 5.56 Å². The maximum Gasteiger partial charge on any atom is 0.226 e. The summed E-state index contributed by atoms with van der Waals surface area (Å²) in [7, 11) is 2.17. The third kappa shape index (κ3) is 2.77. The van der Waals surface area contributed by atoms with Crippen LogP contribution in [0.2, 0.25) is 0 Å². The largest absolute Gasteiger partial charge is 0.445 e. The molecule has 0 unspecified atom stereocenters. The third-order valence-corrected chi connectivity index (χ3v) is 4.72. The summed E-state index contributed by atoms with van der Waals surface area (Å²) in [5.74, 6) is 0. The van der Waals surface area contributed by atoms with Gasteiger partial charge in [-0.1, -0.05) is 12.1 Å². The van der Waals surface area contributed by atoms with Crippen molar-refractivity contribution in [1.29, 1.82) is 0 Å². The van der Waals surface area contributed by atoms with Gasteiger partial charge in [-0.05, 0) is 36.4 Å². The molecule has 3 aromatic rings. The van der Waals surface area contributed by atoms with E-state index in [0.29, 0.717) is 5.71 Å². The molecule has 1 fully saturated rings. The number of nitrogens with zero attached hydrogens (tertiary/aromatic N) is 3. The molecule has 0 amide bonds. The Bertz CT molecular complexity index is 833. The van der Waals surface area contributed by atoms with Crippen LogP contribution in [-0.4, -0.2) is 48.2 Å². The SMILES string of the molecule is CN1CCN(c2ccc(-c3coc4ncc(CO)cc34)cc2)CC1. The lowest BCUT2D eigenvalue weighted by Crippen LogP contribution is -2.44. The number of piperazine rings is 1. The Hall–Kier alpha value is -2.37. The molecule has 0 bridgehead atoms. The minimum Gasteiger partial charge on any atom is -0.445 e. The number of hydrogen-bond acceptors (Lipinski definition) is 5. The normalized spacial score (nSPS) is 16.0. The Kier molecular flexibility index (Phi) is 3.96. The Balaban J connectivity index is 1.63. The van der Waals surface area contributed by atoms with Gasteiger partial charge in [-0.3, -0.25) is 0 Å². The number of fused-ring (bicyclic) bond motifs is 1. The molecule has 5 nitrogen and oxygen atoms in total. The van der Waals surface area contributed by atoms with Crippen molar-refractivity contribution in [2.75, 3.05) is 38.1 Å². The highest BCUT2D eigenvalue weighted by molar-refractivity contribution is 5.92. The number of hydrogen-bond donors (Lipinski definition) is 1. The lowest BCUT2D eigenvalue weighted by atomic mass is 10.0. The molecule has 0 radical (unpaired) electrons. The van der Waals surface area contributed by atoms with Crippen molar-refractivity contribution < 1.29 is 9.52 Å². The number of aromatic nitrogens is 1. The van der Waals surface area contributed by atoms with E-state index in [-0.39, 0.29) is 6.61 Å². The second kappa shape index (κ2) is 6.26. The zero-order chi connectivity index (χ0) is 16.5. The quantitative estimate of drug-likeness (QED) is 0.803. The standard InChI is InChI=1S/C19H21N3O2/c1-21-6-8-22(9-7-21)16-4-2-15(3-5-16)18-13-24-19-17(18)10-14(12-23)11-20-19/h2-5,10-11,13,23H,6-9,12H2,1H3. The summed E-state index contributed by atoms with van der Waals surface area (Å²) in [5, 5.41) is 10.3. The number of aliphatic hydroxyl groups is 1. The molecule has 0 saturated carbocycles. The van der Waals surface area contributed by atoms with Crippen molar-refractivity contribution in [1.82, 2.24) is 9.88 Å². The van der Waals surface area contributed by atoms with Gasteiger partial charge in [0.05, 0.1) is 6.61 Å². The average Bonchev–Trinajstić information content (AvgIpc) is 3.05. The molecule has 1 N–H and O–H groups in total. The van der Waals surface area contributed by atoms with E-state index in [2.05, 4.69) is 46.1 Å². The number of likely N-dealkylation sites (N-methyl/N-ethyl adjacent to an activating group) is 1. The molecule has 3 heterocycles. The summed E-state index contributed by atoms with van der Waals surface area (Å²) in [6.07, 6.45) is 3.38. The molecule has 2 aromatic heterocycles. The Labute approximate surface area is 141 Å². The van der Waals surface area contributed by atoms with Crippen molar-refractivity contribution in [3.63, 3.8) is 0 Å². The van der Waals surface area contributed by atoms with Crippen LogP contribution in [0.3, 0.4) is 0 Å². The van der Waals surface area contributed by atoms with Crippen LogP contribution < -0.4 is 4.90 Å². The minimum absolute atomic E-state index is 0.0180. The number of anilines is 1. The van der Waals surface area contributed by atoms with Crippen LogP contribution in [-0.2, 0) is 6.61 Å². The van der Waals surface area contributed by atoms with E-state index in [1.165, 1.54) is 5.69 Å². The molecule has 24 heavy (non-hydrogen) atoms. The van der Waals surface area contributed by atoms with Crippen LogP contribution in [0.25, 0.3) is 22.2 Å². The summed E-state index contributed by atoms with van der Waals surface area (Å²) in [6, 6.07) is 10.5. The smallest absolute Gasteiger partial charge is 0.226 e. The van der Waals surface area contributed by atoms with Gasteiger partial charge in [0, 0.05) is 49.0 Å². The Morgan fingerprint density at radius 1 is 1.12 bits per heavy atom. The van der Waals surface area contributed by atoms with Gasteiger partial charge in [-0.2, -0.15) is 0 Å². The first kappa shape index (κ1) is 15.2. The van der Waals surface area contributed by atoms with E-state index in [0.717, 1.165) is 48.3 Å². The molecular weight excluding hydrogens is 302 g/mol. The number of pyridine rings is 1. The Morgan fingerprint density at radius 3 is 2.58 bits per heavy atom. The van der Waals surface area contributed by atoms with Crippen molar-refractivity contribution in [2.45, 2.75) is 6.61 Å². The number of furan rings is 1. The lowest BCUT2D eigenvalue weighted by Gasteiger charge is -2.34. The van der Waals surface area contributed by atoms with E-state index < -0.39 is 0 Å². The lowest BCUT2D eigenvalue weighted by molar-refractivity contribution is 0.281. The van der Waals surface area contributed by atoms with E-state index >= 15 is 0 Å². The van der Waals surface area contributed by atoms with Gasteiger partial charge in [0.25, 0.3) is 0 Å². The topological polar surface area (TPSA) is 52.7 Å². The maximum atomic E-state index is 9.32. The molecule has 1 aliphatic heterocycles. The van der Waals surface area contributed by atoms with Gasteiger partial charge < -0.3 is 19.3 Å². The van der Waals surface area contributed by atoms with Crippen molar-refractivity contribution in [3.8, 4) is 11.1 Å². The first-order valence-electron chi connectivity index (χ1n) is 8.25. The van der Waals surface area contributed by atoms with Crippen molar-refractivity contribution in [3.05, 3.63) is 48.4 Å². The van der Waals surface area contributed by atoms with Crippen LogP contribution in [0.5, 0.6) is 0 Å². The monoisotopic (exact) mass is 323 g/mol. The summed E-state index contributed by atoms with van der Waals surface area (Å²) in [4.78, 5) is 9.03. The molecule has 1 aromatic carbocycles. The zero-order valence-corrected chi connectivity index (χ0v) is 13.8. The fraction of sp³-hybridized carbons (Fsp3) is 0.316. The van der Waals surface area contributed by atoms with Gasteiger partial charge in [0.1, 0.15) is 6.26 Å². The summed E-state index contributed by atoms with van der Waals surface area (Å²) in [6.45, 7) is 4.31. The highest BCUT2D eigenvalue weighted by Gasteiger charge is 2.15. The highest BCUT2D eigenvalue weighted by atomic mass is 16.3. The van der Waals surface area contributed by atoms with Gasteiger partial charge in [0.2, 0.25) is 5.71 Å². The van der Waals surface area contributed by atoms with E-state index in [1.54, 1.807) is 12.5 Å². The Morgan fingerprint density at radius 2 is 1.88 bits per heavy atom. The van der Waals surface area contributed by atoms with Gasteiger partial charge in [0.15, 0.2) is 0 Å². The summed E-state index contributed by atoms with van der Waals surface area (Å²) >= 11 is 0. The maximum absolute atomic E-state index is 9.32. The van der Waals surface area contributed by atoms with Gasteiger partial charge >= 0.3 is 0 Å². The van der Waals surface area contributed by atoms with Crippen molar-refractivity contribution in [2.24, 2.45) is 0 Å². The molecule has 4 rings (SSSR count). The van der Waals surface area contributed by atoms with Crippen LogP contribution in [0.4, 0.5) is 5.69 Å². The van der Waals surface area contributed by atoms with Crippen LogP contribution in [0.15, 0.2) is 47.2 Å². The van der Waals surface area contributed by atoms with Crippen LogP contribution >= 0.6 is 0 Å². The van der Waals surface area contributed by atoms with E-state index in [9.17, 15) is 5.11 Å². The minimum atomic E-state index is -0.0180. The molecule has 1 aliphatic rings. The van der Waals surface area contributed by atoms with E-state index in [4.69, 9.17) is 4.42 Å². The highest BCUT2D eigenvalue weighted by Crippen LogP contribution is 2.31. The average molecular weight is 323 g/mol. The van der Waals surface area contributed by atoms with Crippen LogP contribution in [0, 0.1) is 0 Å². The second-order valence-electron chi connectivity index (χ2n) is 6.34. The molecule has 5 heteroatoms. The molecule has 0 atom stereocenters.